The van der Waals surface area contributed by atoms with Gasteiger partial charge >= 0.3 is 5.97 Å². The molecule has 26 heavy (non-hydrogen) atoms. The van der Waals surface area contributed by atoms with Crippen molar-refractivity contribution >= 4 is 29.3 Å². The average Bonchev–Trinajstić information content (AvgIpc) is 3.07. The van der Waals surface area contributed by atoms with Crippen LogP contribution in [0.25, 0.3) is 0 Å². The number of ether oxygens (including phenoxy) is 1. The minimum atomic E-state index is -1.54. The molecule has 2 aliphatic heterocycles. The number of rotatable bonds is 3. The van der Waals surface area contributed by atoms with Crippen molar-refractivity contribution in [2.24, 2.45) is 11.3 Å². The Labute approximate surface area is 152 Å². The highest BCUT2D eigenvalue weighted by Gasteiger charge is 2.61. The molecule has 0 radical (unpaired) electrons. The van der Waals surface area contributed by atoms with Gasteiger partial charge in [-0.25, -0.2) is 4.90 Å². The lowest BCUT2D eigenvalue weighted by Crippen LogP contribution is -2.45. The lowest BCUT2D eigenvalue weighted by atomic mass is 9.70. The molecule has 1 aromatic rings. The normalized spacial score (nSPS) is 26.4. The van der Waals surface area contributed by atoms with Crippen molar-refractivity contribution in [3.05, 3.63) is 29.8 Å². The molecule has 0 saturated carbocycles. The molecule has 6 heteroatoms. The van der Waals surface area contributed by atoms with Crippen molar-refractivity contribution in [1.82, 2.24) is 0 Å². The number of carbonyl (C=O) groups is 4. The minimum absolute atomic E-state index is 0.0922. The summed E-state index contributed by atoms with van der Waals surface area (Å²) in [6, 6.07) is 7.24. The van der Waals surface area contributed by atoms with Gasteiger partial charge in [-0.1, -0.05) is 39.0 Å². The second kappa shape index (κ2) is 6.04. The maximum atomic E-state index is 13.2. The zero-order chi connectivity index (χ0) is 19.3. The fourth-order valence-corrected chi connectivity index (χ4v) is 3.99. The molecule has 2 aliphatic rings. The number of amides is 2. The van der Waals surface area contributed by atoms with E-state index in [4.69, 9.17) is 4.74 Å². The lowest BCUT2D eigenvalue weighted by Gasteiger charge is -2.29. The first kappa shape index (κ1) is 18.3. The predicted octanol–water partition coefficient (Wildman–Crippen LogP) is 2.39. The van der Waals surface area contributed by atoms with Crippen LogP contribution in [-0.2, 0) is 29.3 Å². The molecule has 2 fully saturated rings. The van der Waals surface area contributed by atoms with Gasteiger partial charge in [0.05, 0.1) is 18.2 Å². The summed E-state index contributed by atoms with van der Waals surface area (Å²) in [5.41, 5.74) is -0.450. The van der Waals surface area contributed by atoms with Crippen LogP contribution >= 0.6 is 0 Å². The number of cyclic esters (lactones) is 1. The Morgan fingerprint density at radius 3 is 2.38 bits per heavy atom. The third-order valence-corrected chi connectivity index (χ3v) is 5.42. The second-order valence-electron chi connectivity index (χ2n) is 8.00. The number of carbonyl (C=O) groups excluding carboxylic acids is 4. The molecular weight excluding hydrogens is 334 g/mol. The van der Waals surface area contributed by atoms with Crippen LogP contribution in [0.15, 0.2) is 24.3 Å². The van der Waals surface area contributed by atoms with E-state index in [1.54, 1.807) is 12.1 Å². The standard InChI is InChI=1S/C20H23NO5/c1-12(22)20(9-10-26-18(20)25)14-11-16(23)21(17(14)24)15-8-6-5-7-13(15)19(2,3)4/h5-8,14H,9-11H2,1-4H3/t14-,20+/m0/s1. The van der Waals surface area contributed by atoms with E-state index in [0.29, 0.717) is 5.69 Å². The molecule has 1 aromatic carbocycles. The van der Waals surface area contributed by atoms with Crippen molar-refractivity contribution in [3.63, 3.8) is 0 Å². The van der Waals surface area contributed by atoms with Crippen LogP contribution in [0.4, 0.5) is 5.69 Å². The van der Waals surface area contributed by atoms with Gasteiger partial charge in [0.25, 0.3) is 0 Å². The van der Waals surface area contributed by atoms with E-state index in [1.807, 2.05) is 32.9 Å². The van der Waals surface area contributed by atoms with Crippen LogP contribution in [0, 0.1) is 11.3 Å². The van der Waals surface area contributed by atoms with Gasteiger partial charge < -0.3 is 4.74 Å². The first-order valence-corrected chi connectivity index (χ1v) is 8.75. The highest BCUT2D eigenvalue weighted by atomic mass is 16.5. The molecule has 2 heterocycles. The molecule has 0 aliphatic carbocycles. The molecule has 0 bridgehead atoms. The number of hydrogen-bond donors (Lipinski definition) is 0. The summed E-state index contributed by atoms with van der Waals surface area (Å²) in [5, 5.41) is 0. The van der Waals surface area contributed by atoms with E-state index in [9.17, 15) is 19.2 Å². The van der Waals surface area contributed by atoms with E-state index in [1.165, 1.54) is 6.92 Å². The molecule has 138 valence electrons. The zero-order valence-electron chi connectivity index (χ0n) is 15.5. The summed E-state index contributed by atoms with van der Waals surface area (Å²) >= 11 is 0. The molecular formula is C20H23NO5. The Balaban J connectivity index is 2.07. The van der Waals surface area contributed by atoms with Crippen molar-refractivity contribution in [2.45, 2.75) is 46.0 Å². The SMILES string of the molecule is CC(=O)[C@@]1([C@H]2CC(=O)N(c3ccccc3C(C)(C)C)C2=O)CCOC1=O. The molecule has 0 aromatic heterocycles. The fourth-order valence-electron chi connectivity index (χ4n) is 3.99. The topological polar surface area (TPSA) is 80.8 Å². The fraction of sp³-hybridized carbons (Fsp3) is 0.500. The van der Waals surface area contributed by atoms with Crippen LogP contribution in [0.5, 0.6) is 0 Å². The third kappa shape index (κ3) is 2.55. The van der Waals surface area contributed by atoms with E-state index >= 15 is 0 Å². The Morgan fingerprint density at radius 2 is 1.85 bits per heavy atom. The van der Waals surface area contributed by atoms with Gasteiger partial charge in [0.2, 0.25) is 11.8 Å². The highest BCUT2D eigenvalue weighted by molar-refractivity contribution is 6.24. The molecule has 2 saturated heterocycles. The van der Waals surface area contributed by atoms with Gasteiger partial charge in [-0.2, -0.15) is 0 Å². The van der Waals surface area contributed by atoms with E-state index < -0.39 is 34.9 Å². The Hall–Kier alpha value is -2.50. The van der Waals surface area contributed by atoms with Gasteiger partial charge in [-0.15, -0.1) is 0 Å². The Bertz CT molecular complexity index is 807. The van der Waals surface area contributed by atoms with Gasteiger partial charge in [-0.3, -0.25) is 19.2 Å². The molecule has 6 nitrogen and oxygen atoms in total. The number of hydrogen-bond acceptors (Lipinski definition) is 5. The van der Waals surface area contributed by atoms with Crippen molar-refractivity contribution in [2.75, 3.05) is 11.5 Å². The largest absolute Gasteiger partial charge is 0.465 e. The van der Waals surface area contributed by atoms with E-state index in [-0.39, 0.29) is 24.9 Å². The van der Waals surface area contributed by atoms with Crippen molar-refractivity contribution < 1.29 is 23.9 Å². The summed E-state index contributed by atoms with van der Waals surface area (Å²) in [6.45, 7) is 7.38. The summed E-state index contributed by atoms with van der Waals surface area (Å²) in [4.78, 5) is 51.7. The molecule has 3 rings (SSSR count). The van der Waals surface area contributed by atoms with Gasteiger partial charge in [0.1, 0.15) is 11.2 Å². The number of benzene rings is 1. The monoisotopic (exact) mass is 357 g/mol. The predicted molar refractivity (Wildman–Crippen MR) is 94.4 cm³/mol. The molecule has 2 amide bonds. The number of Topliss-reactive ketones (excluding diaryl/α,β-unsaturated/α-hetero) is 1. The van der Waals surface area contributed by atoms with Crippen LogP contribution in [0.2, 0.25) is 0 Å². The maximum absolute atomic E-state index is 13.2. The molecule has 2 atom stereocenters. The van der Waals surface area contributed by atoms with E-state index in [2.05, 4.69) is 0 Å². The number of ketones is 1. The zero-order valence-corrected chi connectivity index (χ0v) is 15.5. The first-order chi connectivity index (χ1) is 12.1. The first-order valence-electron chi connectivity index (χ1n) is 8.75. The smallest absolute Gasteiger partial charge is 0.320 e. The lowest BCUT2D eigenvalue weighted by molar-refractivity contribution is -0.156. The number of esters is 1. The third-order valence-electron chi connectivity index (χ3n) is 5.42. The summed E-state index contributed by atoms with van der Waals surface area (Å²) in [7, 11) is 0. The minimum Gasteiger partial charge on any atom is -0.465 e. The number of para-hydroxylation sites is 1. The quantitative estimate of drug-likeness (QED) is 0.471. The summed E-state index contributed by atoms with van der Waals surface area (Å²) in [5.74, 6) is -3.01. The van der Waals surface area contributed by atoms with Crippen LogP contribution < -0.4 is 4.90 Å². The number of imide groups is 1. The van der Waals surface area contributed by atoms with Crippen LogP contribution in [-0.4, -0.2) is 30.2 Å². The van der Waals surface area contributed by atoms with Gasteiger partial charge in [-0.05, 0) is 24.0 Å². The van der Waals surface area contributed by atoms with E-state index in [0.717, 1.165) is 10.5 Å². The molecule has 0 spiro atoms. The number of nitrogens with zero attached hydrogens (tertiary/aromatic N) is 1. The summed E-state index contributed by atoms with van der Waals surface area (Å²) < 4.78 is 5.00. The van der Waals surface area contributed by atoms with Gasteiger partial charge in [0, 0.05) is 12.8 Å². The molecule has 0 N–H and O–H groups in total. The second-order valence-corrected chi connectivity index (χ2v) is 8.00. The van der Waals surface area contributed by atoms with Crippen LogP contribution in [0.1, 0.15) is 46.1 Å². The Kier molecular flexibility index (Phi) is 4.25. The molecule has 0 unspecified atom stereocenters. The van der Waals surface area contributed by atoms with Crippen LogP contribution in [0.3, 0.4) is 0 Å². The Morgan fingerprint density at radius 1 is 1.19 bits per heavy atom. The highest BCUT2D eigenvalue weighted by Crippen LogP contribution is 2.46. The van der Waals surface area contributed by atoms with Crippen molar-refractivity contribution in [3.8, 4) is 0 Å². The number of anilines is 1. The van der Waals surface area contributed by atoms with Gasteiger partial charge in [0.15, 0.2) is 0 Å². The van der Waals surface area contributed by atoms with Crippen molar-refractivity contribution in [1.29, 1.82) is 0 Å². The average molecular weight is 357 g/mol. The maximum Gasteiger partial charge on any atom is 0.320 e. The summed E-state index contributed by atoms with van der Waals surface area (Å²) in [6.07, 6.45) is -0.0222.